The third kappa shape index (κ3) is 8.95. The molecule has 0 aliphatic carbocycles. The first kappa shape index (κ1) is 28.8. The van der Waals surface area contributed by atoms with Gasteiger partial charge in [-0.25, -0.2) is 0 Å². The normalized spacial score (nSPS) is 21.7. The first-order valence-electron chi connectivity index (χ1n) is 12.3. The van der Waals surface area contributed by atoms with Crippen LogP contribution in [0.15, 0.2) is 91.0 Å². The molecule has 202 valence electrons. The van der Waals surface area contributed by atoms with Crippen molar-refractivity contribution in [3.8, 4) is 0 Å². The van der Waals surface area contributed by atoms with E-state index in [4.69, 9.17) is 63.9 Å². The summed E-state index contributed by atoms with van der Waals surface area (Å²) in [6, 6.07) is 29.6. The first-order valence-corrected chi connectivity index (χ1v) is 13.4. The van der Waals surface area contributed by atoms with Gasteiger partial charge in [-0.1, -0.05) is 126 Å². The predicted octanol–water partition coefficient (Wildman–Crippen LogP) is 6.85. The van der Waals surface area contributed by atoms with Crippen LogP contribution in [0.5, 0.6) is 0 Å². The molecular weight excluding hydrogens is 549 g/mol. The van der Waals surface area contributed by atoms with Gasteiger partial charge in [0.1, 0.15) is 12.2 Å². The van der Waals surface area contributed by atoms with Crippen molar-refractivity contribution in [2.24, 2.45) is 0 Å². The minimum Gasteiger partial charge on any atom is -0.448 e. The summed E-state index contributed by atoms with van der Waals surface area (Å²) in [7, 11) is 0. The average Bonchev–Trinajstić information content (AvgIpc) is 2.92. The van der Waals surface area contributed by atoms with E-state index < -0.39 is 34.3 Å². The second kappa shape index (κ2) is 14.3. The van der Waals surface area contributed by atoms with E-state index in [1.807, 2.05) is 91.0 Å². The van der Waals surface area contributed by atoms with Gasteiger partial charge in [0.25, 0.3) is 3.79 Å². The molecule has 0 unspecified atom stereocenters. The Morgan fingerprint density at radius 3 is 1.79 bits per heavy atom. The maximum atomic E-state index is 8.04. The van der Waals surface area contributed by atoms with Crippen molar-refractivity contribution in [2.45, 2.75) is 54.6 Å². The first-order chi connectivity index (χ1) is 18.4. The Kier molecular flexibility index (Phi) is 10.8. The van der Waals surface area contributed by atoms with Crippen LogP contribution in [0.2, 0.25) is 0 Å². The van der Waals surface area contributed by atoms with Crippen molar-refractivity contribution >= 4 is 40.7 Å². The van der Waals surface area contributed by atoms with Crippen molar-refractivity contribution in [1.29, 1.82) is 5.41 Å². The van der Waals surface area contributed by atoms with Gasteiger partial charge in [0.15, 0.2) is 0 Å². The summed E-state index contributed by atoms with van der Waals surface area (Å²) < 4.78 is 28.6. The summed E-state index contributed by atoms with van der Waals surface area (Å²) >= 11 is 17.6. The Morgan fingerprint density at radius 2 is 1.26 bits per heavy atom. The molecule has 1 saturated heterocycles. The third-order valence-corrected chi connectivity index (χ3v) is 6.49. The molecule has 0 bridgehead atoms. The Morgan fingerprint density at radius 1 is 0.763 bits per heavy atom. The molecule has 1 aliphatic heterocycles. The highest BCUT2D eigenvalue weighted by molar-refractivity contribution is 6.76. The zero-order valence-electron chi connectivity index (χ0n) is 20.7. The lowest BCUT2D eigenvalue weighted by molar-refractivity contribution is -0.261. The molecule has 0 radical (unpaired) electrons. The zero-order chi connectivity index (χ0) is 26.8. The molecule has 9 heteroatoms. The Bertz CT molecular complexity index is 1120. The fraction of sp³-hybridized carbons (Fsp3) is 0.345. The fourth-order valence-electron chi connectivity index (χ4n) is 4.09. The zero-order valence-corrected chi connectivity index (χ0v) is 22.9. The molecule has 0 spiro atoms. The third-order valence-electron chi connectivity index (χ3n) is 5.98. The molecule has 4 atom stereocenters. The number of ether oxygens (including phenoxy) is 5. The van der Waals surface area contributed by atoms with Gasteiger partial charge in [-0.2, -0.15) is 0 Å². The van der Waals surface area contributed by atoms with E-state index in [0.717, 1.165) is 16.7 Å². The lowest BCUT2D eigenvalue weighted by Crippen LogP contribution is -2.53. The van der Waals surface area contributed by atoms with E-state index >= 15 is 0 Å². The molecule has 1 heterocycles. The molecular formula is C29H30Cl3NO5. The van der Waals surface area contributed by atoms with Gasteiger partial charge >= 0.3 is 0 Å². The minimum atomic E-state index is -2.01. The van der Waals surface area contributed by atoms with E-state index in [1.54, 1.807) is 0 Å². The Labute approximate surface area is 238 Å². The molecule has 0 saturated carbocycles. The van der Waals surface area contributed by atoms with E-state index in [0.29, 0.717) is 19.8 Å². The van der Waals surface area contributed by atoms with Gasteiger partial charge in [0.05, 0.1) is 32.5 Å². The second-order valence-corrected chi connectivity index (χ2v) is 11.2. The molecule has 6 nitrogen and oxygen atoms in total. The Balaban J connectivity index is 1.51. The SMILES string of the molecule is N=C(O[C@@H]1C[C@@H](OCc2ccccc2)[C@H](OCc2ccccc2)[C@@H](COCc2ccccc2)O1)C(Cl)(Cl)Cl. The van der Waals surface area contributed by atoms with Crippen LogP contribution in [0.3, 0.4) is 0 Å². The average molecular weight is 579 g/mol. The van der Waals surface area contributed by atoms with Gasteiger partial charge in [-0.05, 0) is 16.7 Å². The molecule has 38 heavy (non-hydrogen) atoms. The number of alkyl halides is 3. The molecule has 1 fully saturated rings. The molecule has 0 aromatic heterocycles. The highest BCUT2D eigenvalue weighted by Gasteiger charge is 2.43. The molecule has 1 aliphatic rings. The lowest BCUT2D eigenvalue weighted by atomic mass is 10.0. The number of hydrogen-bond acceptors (Lipinski definition) is 6. The molecule has 1 N–H and O–H groups in total. The van der Waals surface area contributed by atoms with Gasteiger partial charge in [0.2, 0.25) is 12.2 Å². The standard InChI is InChI=1S/C29H30Cl3NO5/c30-29(31,32)28(33)38-26-16-24(35-18-22-12-6-2-7-13-22)27(36-19-23-14-8-3-9-15-23)25(37-26)20-34-17-21-10-4-1-5-11-21/h1-15,24-27,33H,16-20H2/t24-,25-,26-,27+/m1/s1. The highest BCUT2D eigenvalue weighted by Crippen LogP contribution is 2.32. The van der Waals surface area contributed by atoms with Crippen molar-refractivity contribution in [3.05, 3.63) is 108 Å². The van der Waals surface area contributed by atoms with Gasteiger partial charge in [-0.3, -0.25) is 5.41 Å². The maximum absolute atomic E-state index is 8.04. The van der Waals surface area contributed by atoms with Crippen LogP contribution in [0, 0.1) is 5.41 Å². The topological polar surface area (TPSA) is 70.0 Å². The van der Waals surface area contributed by atoms with Crippen molar-refractivity contribution in [1.82, 2.24) is 0 Å². The predicted molar refractivity (Wildman–Crippen MR) is 149 cm³/mol. The van der Waals surface area contributed by atoms with Gasteiger partial charge in [0, 0.05) is 6.42 Å². The number of nitrogens with one attached hydrogen (secondary N) is 1. The van der Waals surface area contributed by atoms with Gasteiger partial charge in [-0.15, -0.1) is 0 Å². The monoisotopic (exact) mass is 577 g/mol. The summed E-state index contributed by atoms with van der Waals surface area (Å²) in [5, 5.41) is 8.04. The summed E-state index contributed by atoms with van der Waals surface area (Å²) in [5.41, 5.74) is 3.08. The minimum absolute atomic E-state index is 0.209. The van der Waals surface area contributed by atoms with Crippen LogP contribution in [-0.4, -0.2) is 40.9 Å². The van der Waals surface area contributed by atoms with Gasteiger partial charge < -0.3 is 23.7 Å². The highest BCUT2D eigenvalue weighted by atomic mass is 35.6. The maximum Gasteiger partial charge on any atom is 0.265 e. The number of benzene rings is 3. The van der Waals surface area contributed by atoms with Crippen molar-refractivity contribution in [3.63, 3.8) is 0 Å². The number of rotatable bonds is 11. The van der Waals surface area contributed by atoms with Crippen LogP contribution in [0.1, 0.15) is 23.1 Å². The second-order valence-electron chi connectivity index (χ2n) is 8.88. The largest absolute Gasteiger partial charge is 0.448 e. The number of halogens is 3. The van der Waals surface area contributed by atoms with E-state index in [1.165, 1.54) is 0 Å². The molecule has 0 amide bonds. The fourth-order valence-corrected chi connectivity index (χ4v) is 4.22. The molecule has 3 aromatic rings. The smallest absolute Gasteiger partial charge is 0.265 e. The van der Waals surface area contributed by atoms with Crippen LogP contribution < -0.4 is 0 Å². The van der Waals surface area contributed by atoms with Crippen molar-refractivity contribution in [2.75, 3.05) is 6.61 Å². The molecule has 4 rings (SSSR count). The van der Waals surface area contributed by atoms with E-state index in [-0.39, 0.29) is 13.0 Å². The quantitative estimate of drug-likeness (QED) is 0.153. The summed E-state index contributed by atoms with van der Waals surface area (Å²) in [6.45, 7) is 1.34. The van der Waals surface area contributed by atoms with Crippen molar-refractivity contribution < 1.29 is 23.7 Å². The molecule has 3 aromatic carbocycles. The number of hydrogen-bond donors (Lipinski definition) is 1. The van der Waals surface area contributed by atoms with E-state index in [2.05, 4.69) is 0 Å². The van der Waals surface area contributed by atoms with E-state index in [9.17, 15) is 0 Å². The lowest BCUT2D eigenvalue weighted by Gasteiger charge is -2.41. The van der Waals surface area contributed by atoms with Crippen LogP contribution in [0.4, 0.5) is 0 Å². The summed E-state index contributed by atoms with van der Waals surface area (Å²) in [4.78, 5) is 0. The summed E-state index contributed by atoms with van der Waals surface area (Å²) in [6.07, 6.45) is -2.10. The Hall–Kier alpha value is -2.16. The van der Waals surface area contributed by atoms with Crippen LogP contribution in [-0.2, 0) is 43.5 Å². The summed E-state index contributed by atoms with van der Waals surface area (Å²) in [5.74, 6) is -0.526. The van der Waals surface area contributed by atoms with Crippen LogP contribution >= 0.6 is 34.8 Å². The van der Waals surface area contributed by atoms with Crippen LogP contribution in [0.25, 0.3) is 0 Å².